The van der Waals surface area contributed by atoms with E-state index in [-0.39, 0.29) is 75.9 Å². The molecule has 0 heterocycles. The number of phenolic OH excluding ortho intramolecular Hbond substituents is 1. The molecule has 0 aliphatic heterocycles. The Labute approximate surface area is 318 Å². The lowest BCUT2D eigenvalue weighted by Crippen LogP contribution is -2.25. The maximum Gasteiger partial charge on any atom is 0.339 e. The van der Waals surface area contributed by atoms with Crippen molar-refractivity contribution < 1.29 is 44.1 Å². The molecule has 0 aliphatic carbocycles. The molecule has 0 fully saturated rings. The Morgan fingerprint density at radius 2 is 1.20 bits per heavy atom. The third-order valence-corrected chi connectivity index (χ3v) is 9.48. The highest BCUT2D eigenvalue weighted by Crippen LogP contribution is 2.32. The third-order valence-electron chi connectivity index (χ3n) is 9.48. The number of amides is 3. The fourth-order valence-corrected chi connectivity index (χ4v) is 5.97. The number of benzene rings is 4. The molecule has 4 aromatic rings. The molecule has 0 bridgehead atoms. The lowest BCUT2D eigenvalue weighted by Gasteiger charge is -2.15. The molecule has 1 atom stereocenters. The molecule has 0 radical (unpaired) electrons. The van der Waals surface area contributed by atoms with Crippen molar-refractivity contribution in [3.05, 3.63) is 112 Å². The molecule has 0 saturated heterocycles. The predicted octanol–water partition coefficient (Wildman–Crippen LogP) is 7.21. The normalized spacial score (nSPS) is 11.3. The summed E-state index contributed by atoms with van der Waals surface area (Å²) in [6, 6.07) is 19.7. The van der Waals surface area contributed by atoms with Crippen molar-refractivity contribution in [2.75, 3.05) is 16.0 Å². The van der Waals surface area contributed by atoms with E-state index in [1.165, 1.54) is 56.3 Å². The number of nitrogens with one attached hydrogen (secondary N) is 3. The molecule has 0 spiro atoms. The van der Waals surface area contributed by atoms with Gasteiger partial charge in [-0.05, 0) is 80.8 Å². The van der Waals surface area contributed by atoms with E-state index >= 15 is 0 Å². The van der Waals surface area contributed by atoms with Crippen LogP contribution in [-0.2, 0) is 16.0 Å². The number of aromatic hydroxyl groups is 2. The maximum atomic E-state index is 13.1. The van der Waals surface area contributed by atoms with Gasteiger partial charge in [0.05, 0.1) is 17.6 Å². The zero-order valence-electron chi connectivity index (χ0n) is 30.9. The van der Waals surface area contributed by atoms with Gasteiger partial charge < -0.3 is 31.3 Å². The van der Waals surface area contributed by atoms with Crippen LogP contribution in [0.1, 0.15) is 97.7 Å². The van der Waals surface area contributed by atoms with Crippen molar-refractivity contribution in [1.82, 2.24) is 0 Å². The van der Waals surface area contributed by atoms with Gasteiger partial charge in [-0.15, -0.1) is 0 Å². The Balaban J connectivity index is 1.36. The lowest BCUT2D eigenvalue weighted by atomic mass is 9.92. The van der Waals surface area contributed by atoms with E-state index < -0.39 is 41.1 Å². The van der Waals surface area contributed by atoms with Crippen molar-refractivity contribution in [1.29, 1.82) is 5.26 Å². The molecule has 55 heavy (non-hydrogen) atoms. The van der Waals surface area contributed by atoms with Gasteiger partial charge in [-0.25, -0.2) is 4.79 Å². The monoisotopic (exact) mass is 746 g/mol. The highest BCUT2D eigenvalue weighted by atomic mass is 16.4. The zero-order valence-corrected chi connectivity index (χ0v) is 30.9. The Kier molecular flexibility index (Phi) is 13.6. The minimum absolute atomic E-state index is 0.00299. The van der Waals surface area contributed by atoms with Crippen LogP contribution >= 0.6 is 0 Å². The first-order valence-corrected chi connectivity index (χ1v) is 17.6. The van der Waals surface area contributed by atoms with E-state index in [9.17, 15) is 49.3 Å². The van der Waals surface area contributed by atoms with Crippen molar-refractivity contribution in [2.45, 2.75) is 59.8 Å². The number of phenols is 2. The minimum atomic E-state index is -1.33. The highest BCUT2D eigenvalue weighted by molar-refractivity contribution is 6.09. The van der Waals surface area contributed by atoms with Crippen LogP contribution in [0.4, 0.5) is 17.1 Å². The average molecular weight is 747 g/mol. The molecular weight excluding hydrogens is 704 g/mol. The number of hydrogen-bond donors (Lipinski definition) is 6. The Morgan fingerprint density at radius 1 is 0.673 bits per heavy atom. The molecule has 13 nitrogen and oxygen atoms in total. The van der Waals surface area contributed by atoms with Crippen LogP contribution in [0.15, 0.2) is 72.8 Å². The summed E-state index contributed by atoms with van der Waals surface area (Å²) in [6.45, 7) is 6.88. The van der Waals surface area contributed by atoms with Crippen LogP contribution in [0.2, 0.25) is 0 Å². The topological polar surface area (TPSA) is 223 Å². The van der Waals surface area contributed by atoms with E-state index in [0.29, 0.717) is 11.3 Å². The van der Waals surface area contributed by atoms with Gasteiger partial charge in [0, 0.05) is 64.5 Å². The quantitative estimate of drug-likeness (QED) is 0.0632. The molecule has 13 heteroatoms. The maximum absolute atomic E-state index is 13.1. The van der Waals surface area contributed by atoms with Gasteiger partial charge in [0.15, 0.2) is 5.78 Å². The summed E-state index contributed by atoms with van der Waals surface area (Å²) in [4.78, 5) is 76.0. The number of carbonyl (C=O) groups excluding carboxylic acids is 5. The highest BCUT2D eigenvalue weighted by Gasteiger charge is 2.24. The molecule has 0 saturated carbocycles. The molecule has 0 aliphatic rings. The van der Waals surface area contributed by atoms with Gasteiger partial charge in [0.1, 0.15) is 22.8 Å². The number of nitriles is 1. The number of carboxylic acids is 1. The Morgan fingerprint density at radius 3 is 1.75 bits per heavy atom. The minimum Gasteiger partial charge on any atom is -0.507 e. The molecular formula is C42H42N4O9. The smallest absolute Gasteiger partial charge is 0.339 e. The van der Waals surface area contributed by atoms with Crippen LogP contribution in [0.3, 0.4) is 0 Å². The van der Waals surface area contributed by atoms with Crippen LogP contribution in [0, 0.1) is 37.0 Å². The number of rotatable bonds is 16. The third kappa shape index (κ3) is 10.00. The van der Waals surface area contributed by atoms with Gasteiger partial charge in [0.25, 0.3) is 11.8 Å². The van der Waals surface area contributed by atoms with E-state index in [1.807, 2.05) is 19.9 Å². The molecule has 4 rings (SSSR count). The summed E-state index contributed by atoms with van der Waals surface area (Å²) in [7, 11) is 0. The molecule has 6 N–H and O–H groups in total. The SMILES string of the molecule is CCC(CC)C(=O)Cc1ccc(C(=O)CC(CC#N)C(=O)Nc2ccc(C(=O)Nc3ccc(C(=O)Nc4ccc(C(=O)O)c(O)c4C)c(O)c3C)cc2)cc1. The summed E-state index contributed by atoms with van der Waals surface area (Å²) in [5.41, 5.74) is 1.89. The largest absolute Gasteiger partial charge is 0.507 e. The van der Waals surface area contributed by atoms with E-state index in [1.54, 1.807) is 24.3 Å². The second kappa shape index (κ2) is 18.3. The van der Waals surface area contributed by atoms with Gasteiger partial charge >= 0.3 is 5.97 Å². The molecule has 1 unspecified atom stereocenters. The second-order valence-corrected chi connectivity index (χ2v) is 13.1. The second-order valence-electron chi connectivity index (χ2n) is 13.1. The number of nitrogens with zero attached hydrogens (tertiary/aromatic N) is 1. The predicted molar refractivity (Wildman–Crippen MR) is 206 cm³/mol. The number of anilines is 3. The van der Waals surface area contributed by atoms with Gasteiger partial charge in [-0.2, -0.15) is 5.26 Å². The first-order valence-electron chi connectivity index (χ1n) is 17.6. The first-order chi connectivity index (χ1) is 26.2. The number of carboxylic acid groups (broad SMARTS) is 1. The van der Waals surface area contributed by atoms with Gasteiger partial charge in [-0.3, -0.25) is 24.0 Å². The molecule has 4 aromatic carbocycles. The van der Waals surface area contributed by atoms with Gasteiger partial charge in [-0.1, -0.05) is 38.1 Å². The number of Topliss-reactive ketones (excluding diaryl/α,β-unsaturated/α-hetero) is 2. The number of ketones is 2. The zero-order chi connectivity index (χ0) is 40.4. The number of hydrogen-bond acceptors (Lipinski definition) is 9. The summed E-state index contributed by atoms with van der Waals surface area (Å²) in [5, 5.41) is 47.5. The summed E-state index contributed by atoms with van der Waals surface area (Å²) in [5.74, 6) is -5.20. The molecule has 284 valence electrons. The Bertz CT molecular complexity index is 2170. The summed E-state index contributed by atoms with van der Waals surface area (Å²) >= 11 is 0. The van der Waals surface area contributed by atoms with Gasteiger partial charge in [0.2, 0.25) is 5.91 Å². The fraction of sp³-hybridized carbons (Fsp3) is 0.262. The average Bonchev–Trinajstić information content (AvgIpc) is 3.16. The van der Waals surface area contributed by atoms with E-state index in [2.05, 4.69) is 16.0 Å². The summed E-state index contributed by atoms with van der Waals surface area (Å²) in [6.07, 6.45) is 1.42. The number of carbonyl (C=O) groups is 6. The standard InChI is InChI=1S/C42H42N4O9/c1-5-26(6-2)35(47)21-25-7-9-27(10-8-25)36(48)22-29(19-20-43)40(52)44-30-13-11-28(12-14-30)39(51)45-33-17-15-31(37(49)23(33)3)41(53)46-34-18-16-32(42(54)55)38(50)24(34)4/h7-18,26,29,49-50H,5-6,19,21-22H2,1-4H3,(H,44,52)(H,45,51)(H,46,53)(H,54,55). The van der Waals surface area contributed by atoms with Crippen molar-refractivity contribution in [2.24, 2.45) is 11.8 Å². The molecule has 3 amide bonds. The van der Waals surface area contributed by atoms with Crippen LogP contribution in [-0.4, -0.2) is 50.6 Å². The van der Waals surface area contributed by atoms with E-state index in [4.69, 9.17) is 0 Å². The number of aromatic carboxylic acids is 1. The van der Waals surface area contributed by atoms with Crippen molar-refractivity contribution >= 4 is 52.3 Å². The van der Waals surface area contributed by atoms with E-state index in [0.717, 1.165) is 24.5 Å². The Hall–Kier alpha value is -6.81. The molecule has 0 aromatic heterocycles. The van der Waals surface area contributed by atoms with Crippen LogP contribution in [0.5, 0.6) is 11.5 Å². The van der Waals surface area contributed by atoms with Crippen LogP contribution in [0.25, 0.3) is 0 Å². The van der Waals surface area contributed by atoms with Crippen molar-refractivity contribution in [3.63, 3.8) is 0 Å². The fourth-order valence-electron chi connectivity index (χ4n) is 5.97. The first kappa shape index (κ1) is 41.0. The lowest BCUT2D eigenvalue weighted by molar-refractivity contribution is -0.122. The van der Waals surface area contributed by atoms with Crippen LogP contribution < -0.4 is 16.0 Å². The van der Waals surface area contributed by atoms with Crippen molar-refractivity contribution in [3.8, 4) is 17.6 Å². The summed E-state index contributed by atoms with van der Waals surface area (Å²) < 4.78 is 0.